The van der Waals surface area contributed by atoms with Gasteiger partial charge >= 0.3 is 11.9 Å². The summed E-state index contributed by atoms with van der Waals surface area (Å²) >= 11 is 0. The van der Waals surface area contributed by atoms with E-state index in [1.165, 1.54) is 24.3 Å². The van der Waals surface area contributed by atoms with Gasteiger partial charge in [0.15, 0.2) is 6.10 Å². The lowest BCUT2D eigenvalue weighted by molar-refractivity contribution is -0.0158. The third kappa shape index (κ3) is 3.43. The summed E-state index contributed by atoms with van der Waals surface area (Å²) < 4.78 is 21.6. The van der Waals surface area contributed by atoms with Gasteiger partial charge in [-0.25, -0.2) is 9.59 Å². The number of esters is 2. The Bertz CT molecular complexity index is 597. The highest BCUT2D eigenvalue weighted by atomic mass is 16.6. The van der Waals surface area contributed by atoms with Crippen LogP contribution in [0.3, 0.4) is 0 Å². The molecule has 4 atom stereocenters. The lowest BCUT2D eigenvalue weighted by Gasteiger charge is -2.16. The highest BCUT2D eigenvalue weighted by Gasteiger charge is 2.47. The van der Waals surface area contributed by atoms with Crippen molar-refractivity contribution in [3.05, 3.63) is 35.4 Å². The SMILES string of the molecule is CC1COC2C(OC(=O)c3ccc(C(=O)OCCO)cc3)COC12. The molecule has 1 aromatic carbocycles. The summed E-state index contributed by atoms with van der Waals surface area (Å²) in [5, 5.41) is 8.64. The highest BCUT2D eigenvalue weighted by molar-refractivity contribution is 5.93. The minimum Gasteiger partial charge on any atom is -0.460 e. The summed E-state index contributed by atoms with van der Waals surface area (Å²) in [6.45, 7) is 2.68. The van der Waals surface area contributed by atoms with E-state index in [0.717, 1.165) is 0 Å². The van der Waals surface area contributed by atoms with Crippen LogP contribution in [0.5, 0.6) is 0 Å². The van der Waals surface area contributed by atoms with Gasteiger partial charge in [0.05, 0.1) is 37.1 Å². The molecule has 2 aliphatic heterocycles. The van der Waals surface area contributed by atoms with Gasteiger partial charge in [0.2, 0.25) is 0 Å². The van der Waals surface area contributed by atoms with Crippen LogP contribution in [0.15, 0.2) is 24.3 Å². The molecule has 0 spiro atoms. The molecule has 2 heterocycles. The van der Waals surface area contributed by atoms with Crippen LogP contribution in [0.2, 0.25) is 0 Å². The molecular weight excluding hydrogens is 316 g/mol. The van der Waals surface area contributed by atoms with E-state index in [4.69, 9.17) is 24.1 Å². The lowest BCUT2D eigenvalue weighted by Crippen LogP contribution is -2.32. The maximum absolute atomic E-state index is 12.2. The van der Waals surface area contributed by atoms with Gasteiger partial charge in [-0.15, -0.1) is 0 Å². The first-order valence-corrected chi connectivity index (χ1v) is 7.92. The summed E-state index contributed by atoms with van der Waals surface area (Å²) in [5.74, 6) is -0.741. The van der Waals surface area contributed by atoms with Gasteiger partial charge in [-0.1, -0.05) is 6.92 Å². The molecule has 7 nitrogen and oxygen atoms in total. The molecule has 24 heavy (non-hydrogen) atoms. The minimum atomic E-state index is -0.552. The van der Waals surface area contributed by atoms with Gasteiger partial charge in [0, 0.05) is 5.92 Å². The first-order valence-electron chi connectivity index (χ1n) is 7.92. The van der Waals surface area contributed by atoms with Gasteiger partial charge < -0.3 is 24.1 Å². The van der Waals surface area contributed by atoms with Gasteiger partial charge in [-0.3, -0.25) is 0 Å². The third-order valence-electron chi connectivity index (χ3n) is 4.19. The van der Waals surface area contributed by atoms with Crippen LogP contribution in [-0.4, -0.2) is 61.8 Å². The monoisotopic (exact) mass is 336 g/mol. The Morgan fingerprint density at radius 3 is 2.38 bits per heavy atom. The Balaban J connectivity index is 1.58. The van der Waals surface area contributed by atoms with Crippen molar-refractivity contribution >= 4 is 11.9 Å². The molecular formula is C17H20O7. The minimum absolute atomic E-state index is 0.0218. The largest absolute Gasteiger partial charge is 0.460 e. The summed E-state index contributed by atoms with van der Waals surface area (Å²) in [7, 11) is 0. The number of hydrogen-bond donors (Lipinski definition) is 1. The van der Waals surface area contributed by atoms with E-state index in [-0.39, 0.29) is 25.4 Å². The molecule has 2 fully saturated rings. The fourth-order valence-electron chi connectivity index (χ4n) is 2.93. The Morgan fingerprint density at radius 1 is 1.08 bits per heavy atom. The Hall–Kier alpha value is -1.96. The molecule has 0 radical (unpaired) electrons. The number of carbonyl (C=O) groups is 2. The number of fused-ring (bicyclic) bond motifs is 1. The van der Waals surface area contributed by atoms with E-state index >= 15 is 0 Å². The standard InChI is InChI=1S/C17H20O7/c1-10-8-22-15-13(9-23-14(10)15)24-17(20)12-4-2-11(3-5-12)16(19)21-7-6-18/h2-5,10,13-15,18H,6-9H2,1H3. The second-order valence-corrected chi connectivity index (χ2v) is 5.95. The van der Waals surface area contributed by atoms with Crippen LogP contribution in [0, 0.1) is 5.92 Å². The fourth-order valence-corrected chi connectivity index (χ4v) is 2.93. The zero-order valence-electron chi connectivity index (χ0n) is 13.3. The van der Waals surface area contributed by atoms with Crippen molar-refractivity contribution < 1.29 is 33.6 Å². The number of aliphatic hydroxyl groups excluding tert-OH is 1. The molecule has 4 unspecified atom stereocenters. The molecule has 3 rings (SSSR count). The summed E-state index contributed by atoms with van der Waals surface area (Å²) in [4.78, 5) is 23.9. The van der Waals surface area contributed by atoms with Crippen molar-refractivity contribution in [2.75, 3.05) is 26.4 Å². The molecule has 1 aromatic rings. The van der Waals surface area contributed by atoms with Crippen LogP contribution in [0.4, 0.5) is 0 Å². The zero-order chi connectivity index (χ0) is 17.1. The van der Waals surface area contributed by atoms with Crippen LogP contribution >= 0.6 is 0 Å². The maximum atomic E-state index is 12.2. The van der Waals surface area contributed by atoms with Crippen molar-refractivity contribution in [3.63, 3.8) is 0 Å². The molecule has 0 aromatic heterocycles. The Kier molecular flexibility index (Phi) is 5.13. The number of aliphatic hydroxyl groups is 1. The molecule has 0 amide bonds. The molecule has 2 saturated heterocycles. The van der Waals surface area contributed by atoms with E-state index in [0.29, 0.717) is 30.3 Å². The average Bonchev–Trinajstić information content (AvgIpc) is 3.16. The van der Waals surface area contributed by atoms with Crippen LogP contribution in [0.1, 0.15) is 27.6 Å². The average molecular weight is 336 g/mol. The number of benzene rings is 1. The quantitative estimate of drug-likeness (QED) is 0.795. The number of ether oxygens (including phenoxy) is 4. The number of carbonyl (C=O) groups excluding carboxylic acids is 2. The molecule has 2 aliphatic rings. The first-order chi connectivity index (χ1) is 11.6. The van der Waals surface area contributed by atoms with Crippen molar-refractivity contribution in [1.82, 2.24) is 0 Å². The molecule has 0 saturated carbocycles. The molecule has 130 valence electrons. The predicted molar refractivity (Wildman–Crippen MR) is 81.7 cm³/mol. The van der Waals surface area contributed by atoms with E-state index in [1.54, 1.807) is 0 Å². The smallest absolute Gasteiger partial charge is 0.338 e. The van der Waals surface area contributed by atoms with E-state index in [2.05, 4.69) is 0 Å². The normalized spacial score (nSPS) is 28.4. The first kappa shape index (κ1) is 16.9. The third-order valence-corrected chi connectivity index (χ3v) is 4.19. The van der Waals surface area contributed by atoms with Crippen LogP contribution in [0.25, 0.3) is 0 Å². The number of rotatable bonds is 5. The van der Waals surface area contributed by atoms with E-state index < -0.39 is 18.0 Å². The highest BCUT2D eigenvalue weighted by Crippen LogP contribution is 2.32. The van der Waals surface area contributed by atoms with Crippen molar-refractivity contribution in [1.29, 1.82) is 0 Å². The molecule has 7 heteroatoms. The van der Waals surface area contributed by atoms with Crippen molar-refractivity contribution in [2.24, 2.45) is 5.92 Å². The van der Waals surface area contributed by atoms with Gasteiger partial charge in [-0.2, -0.15) is 0 Å². The maximum Gasteiger partial charge on any atom is 0.338 e. The van der Waals surface area contributed by atoms with E-state index in [1.807, 2.05) is 6.92 Å². The molecule has 0 bridgehead atoms. The number of hydrogen-bond acceptors (Lipinski definition) is 7. The van der Waals surface area contributed by atoms with Crippen LogP contribution < -0.4 is 0 Å². The van der Waals surface area contributed by atoms with Crippen molar-refractivity contribution in [3.8, 4) is 0 Å². The molecule has 1 N–H and O–H groups in total. The summed E-state index contributed by atoms with van der Waals surface area (Å²) in [6, 6.07) is 5.98. The Labute approximate surface area is 139 Å². The van der Waals surface area contributed by atoms with Gasteiger partial charge in [-0.05, 0) is 24.3 Å². The fraction of sp³-hybridized carbons (Fsp3) is 0.529. The summed E-state index contributed by atoms with van der Waals surface area (Å²) in [5.41, 5.74) is 0.639. The zero-order valence-corrected chi connectivity index (χ0v) is 13.3. The molecule has 0 aliphatic carbocycles. The second kappa shape index (κ2) is 7.29. The van der Waals surface area contributed by atoms with E-state index in [9.17, 15) is 9.59 Å². The van der Waals surface area contributed by atoms with Crippen molar-refractivity contribution in [2.45, 2.75) is 25.2 Å². The topological polar surface area (TPSA) is 91.3 Å². The summed E-state index contributed by atoms with van der Waals surface area (Å²) in [6.07, 6.45) is -0.648. The van der Waals surface area contributed by atoms with Gasteiger partial charge in [0.1, 0.15) is 12.7 Å². The lowest BCUT2D eigenvalue weighted by atomic mass is 10.0. The second-order valence-electron chi connectivity index (χ2n) is 5.95. The van der Waals surface area contributed by atoms with Gasteiger partial charge in [0.25, 0.3) is 0 Å². The predicted octanol–water partition coefficient (Wildman–Crippen LogP) is 0.795. The Morgan fingerprint density at radius 2 is 1.71 bits per heavy atom. The van der Waals surface area contributed by atoms with Crippen LogP contribution in [-0.2, 0) is 18.9 Å².